The number of hydrogen-bond acceptors (Lipinski definition) is 5. The van der Waals surface area contributed by atoms with Crippen molar-refractivity contribution in [3.05, 3.63) is 99.3 Å². The summed E-state index contributed by atoms with van der Waals surface area (Å²) in [5.41, 5.74) is 6.46. The van der Waals surface area contributed by atoms with E-state index in [0.717, 1.165) is 37.5 Å². The van der Waals surface area contributed by atoms with Crippen LogP contribution in [0.3, 0.4) is 0 Å². The first-order valence-corrected chi connectivity index (χ1v) is 10.4. The normalized spacial score (nSPS) is 11.4. The van der Waals surface area contributed by atoms with Gasteiger partial charge >= 0.3 is 0 Å². The predicted octanol–water partition coefficient (Wildman–Crippen LogP) is 5.35. The molecule has 3 aromatic carbocycles. The molecule has 7 heteroatoms. The number of nitrogens with one attached hydrogen (secondary N) is 2. The van der Waals surface area contributed by atoms with E-state index in [1.807, 2.05) is 72.8 Å². The Morgan fingerprint density at radius 1 is 0.935 bits per heavy atom. The summed E-state index contributed by atoms with van der Waals surface area (Å²) in [6, 6.07) is 25.2. The summed E-state index contributed by atoms with van der Waals surface area (Å²) in [4.78, 5) is 24.4. The van der Waals surface area contributed by atoms with Gasteiger partial charge < -0.3 is 4.98 Å². The molecule has 0 saturated heterocycles. The Labute approximate surface area is 185 Å². The summed E-state index contributed by atoms with van der Waals surface area (Å²) in [6.45, 7) is 0. The molecule has 150 valence electrons. The van der Waals surface area contributed by atoms with Crippen molar-refractivity contribution in [1.82, 2.24) is 15.0 Å². The van der Waals surface area contributed by atoms with E-state index >= 15 is 0 Å². The highest BCUT2D eigenvalue weighted by molar-refractivity contribution is 9.10. The highest BCUT2D eigenvalue weighted by Gasteiger charge is 2.10. The Hall–Kier alpha value is -3.84. The maximum atomic E-state index is 12.3. The summed E-state index contributed by atoms with van der Waals surface area (Å²) in [6.07, 6.45) is 1.47. The number of fused-ring (bicyclic) bond motifs is 2. The molecule has 0 aliphatic carbocycles. The van der Waals surface area contributed by atoms with Crippen LogP contribution in [-0.2, 0) is 0 Å². The van der Waals surface area contributed by atoms with Gasteiger partial charge in [0.1, 0.15) is 0 Å². The van der Waals surface area contributed by atoms with Crippen LogP contribution in [0, 0.1) is 0 Å². The van der Waals surface area contributed by atoms with Crippen molar-refractivity contribution in [2.75, 3.05) is 5.43 Å². The molecule has 0 unspecified atom stereocenters. The lowest BCUT2D eigenvalue weighted by Gasteiger charge is -2.09. The number of rotatable bonds is 4. The first-order valence-electron chi connectivity index (χ1n) is 9.61. The van der Waals surface area contributed by atoms with E-state index in [1.165, 1.54) is 6.21 Å². The van der Waals surface area contributed by atoms with Gasteiger partial charge in [-0.1, -0.05) is 64.5 Å². The smallest absolute Gasteiger partial charge is 0.257 e. The van der Waals surface area contributed by atoms with Crippen LogP contribution in [0.1, 0.15) is 5.56 Å². The standard InChI is InChI=1S/C24H16BrN5O/c25-18-10-11-21-19(13-18)22(15-6-2-1-3-7-15)29-24(28-21)30-26-14-17-12-16-8-4-5-9-20(16)27-23(17)31/h1-14H,(H,27,31)(H,28,29,30)/b26-14-. The monoisotopic (exact) mass is 469 g/mol. The first kappa shape index (κ1) is 19.1. The van der Waals surface area contributed by atoms with Crippen LogP contribution in [0.2, 0.25) is 0 Å². The third-order valence-corrected chi connectivity index (χ3v) is 5.35. The fourth-order valence-electron chi connectivity index (χ4n) is 3.39. The zero-order valence-electron chi connectivity index (χ0n) is 16.2. The molecule has 0 saturated carbocycles. The van der Waals surface area contributed by atoms with Gasteiger partial charge in [-0.2, -0.15) is 5.10 Å². The third-order valence-electron chi connectivity index (χ3n) is 4.86. The highest BCUT2D eigenvalue weighted by atomic mass is 79.9. The highest BCUT2D eigenvalue weighted by Crippen LogP contribution is 2.29. The molecule has 2 aromatic heterocycles. The largest absolute Gasteiger partial charge is 0.321 e. The second-order valence-electron chi connectivity index (χ2n) is 6.93. The van der Waals surface area contributed by atoms with Gasteiger partial charge in [0, 0.05) is 20.9 Å². The molecule has 6 nitrogen and oxygen atoms in total. The quantitative estimate of drug-likeness (QED) is 0.274. The number of benzene rings is 3. The van der Waals surface area contributed by atoms with Crippen LogP contribution in [-0.4, -0.2) is 21.2 Å². The summed E-state index contributed by atoms with van der Waals surface area (Å²) in [5.74, 6) is 0.349. The van der Waals surface area contributed by atoms with E-state index in [4.69, 9.17) is 0 Å². The molecular weight excluding hydrogens is 454 g/mol. The van der Waals surface area contributed by atoms with E-state index < -0.39 is 0 Å². The van der Waals surface area contributed by atoms with E-state index in [1.54, 1.807) is 6.07 Å². The average molecular weight is 470 g/mol. The van der Waals surface area contributed by atoms with Gasteiger partial charge in [0.05, 0.1) is 23.0 Å². The van der Waals surface area contributed by atoms with Crippen molar-refractivity contribution < 1.29 is 0 Å². The molecule has 0 aliphatic heterocycles. The Morgan fingerprint density at radius 2 is 1.74 bits per heavy atom. The lowest BCUT2D eigenvalue weighted by atomic mass is 10.1. The van der Waals surface area contributed by atoms with Gasteiger partial charge in [-0.25, -0.2) is 15.4 Å². The molecule has 0 atom stereocenters. The van der Waals surface area contributed by atoms with Gasteiger partial charge in [0.15, 0.2) is 0 Å². The SMILES string of the molecule is O=c1[nH]c2ccccc2cc1/C=N\Nc1nc(-c2ccccc2)c2cc(Br)ccc2n1. The number of hydrazone groups is 1. The van der Waals surface area contributed by atoms with Crippen molar-refractivity contribution >= 4 is 49.9 Å². The summed E-state index contributed by atoms with van der Waals surface area (Å²) < 4.78 is 0.954. The number of hydrogen-bond donors (Lipinski definition) is 2. The van der Waals surface area contributed by atoms with Crippen LogP contribution in [0.25, 0.3) is 33.1 Å². The van der Waals surface area contributed by atoms with E-state index in [2.05, 4.69) is 41.4 Å². The molecule has 0 bridgehead atoms. The minimum absolute atomic E-state index is 0.210. The fourth-order valence-corrected chi connectivity index (χ4v) is 3.75. The molecule has 2 N–H and O–H groups in total. The van der Waals surface area contributed by atoms with Crippen LogP contribution in [0.5, 0.6) is 0 Å². The first-order chi connectivity index (χ1) is 15.2. The van der Waals surface area contributed by atoms with Crippen molar-refractivity contribution in [2.24, 2.45) is 5.10 Å². The summed E-state index contributed by atoms with van der Waals surface area (Å²) >= 11 is 3.52. The number of pyridine rings is 1. The van der Waals surface area contributed by atoms with Gasteiger partial charge in [-0.05, 0) is 35.7 Å². The fraction of sp³-hybridized carbons (Fsp3) is 0. The lowest BCUT2D eigenvalue weighted by molar-refractivity contribution is 1.15. The third kappa shape index (κ3) is 3.95. The van der Waals surface area contributed by atoms with E-state index in [9.17, 15) is 4.79 Å². The molecule has 2 heterocycles. The maximum absolute atomic E-state index is 12.3. The van der Waals surface area contributed by atoms with E-state index in [0.29, 0.717) is 11.5 Å². The van der Waals surface area contributed by atoms with Crippen LogP contribution in [0.15, 0.2) is 93.2 Å². The molecular formula is C24H16BrN5O. The average Bonchev–Trinajstić information content (AvgIpc) is 2.79. The second kappa shape index (κ2) is 8.12. The summed E-state index contributed by atoms with van der Waals surface area (Å²) in [5, 5.41) is 6.07. The molecule has 0 amide bonds. The minimum atomic E-state index is -0.210. The van der Waals surface area contributed by atoms with Crippen molar-refractivity contribution in [3.63, 3.8) is 0 Å². The minimum Gasteiger partial charge on any atom is -0.321 e. The van der Waals surface area contributed by atoms with Crippen molar-refractivity contribution in [1.29, 1.82) is 0 Å². The molecule has 5 rings (SSSR count). The van der Waals surface area contributed by atoms with Crippen LogP contribution in [0.4, 0.5) is 5.95 Å². The number of para-hydroxylation sites is 1. The van der Waals surface area contributed by atoms with Gasteiger partial charge in [-0.3, -0.25) is 4.79 Å². The number of H-pyrrole nitrogens is 1. The zero-order chi connectivity index (χ0) is 21.2. The Morgan fingerprint density at radius 3 is 2.61 bits per heavy atom. The Balaban J connectivity index is 1.52. The number of anilines is 1. The van der Waals surface area contributed by atoms with Crippen LogP contribution < -0.4 is 11.0 Å². The molecule has 0 aliphatic rings. The summed E-state index contributed by atoms with van der Waals surface area (Å²) in [7, 11) is 0. The lowest BCUT2D eigenvalue weighted by Crippen LogP contribution is -2.12. The van der Waals surface area contributed by atoms with Gasteiger partial charge in [-0.15, -0.1) is 0 Å². The zero-order valence-corrected chi connectivity index (χ0v) is 17.8. The van der Waals surface area contributed by atoms with Crippen molar-refractivity contribution in [3.8, 4) is 11.3 Å². The van der Waals surface area contributed by atoms with Gasteiger partial charge in [0.25, 0.3) is 5.56 Å². The number of nitrogens with zero attached hydrogens (tertiary/aromatic N) is 3. The molecule has 0 radical (unpaired) electrons. The number of halogens is 1. The van der Waals surface area contributed by atoms with E-state index in [-0.39, 0.29) is 5.56 Å². The molecule has 31 heavy (non-hydrogen) atoms. The number of aromatic nitrogens is 3. The predicted molar refractivity (Wildman–Crippen MR) is 128 cm³/mol. The Kier molecular flexibility index (Phi) is 5.01. The van der Waals surface area contributed by atoms with Crippen LogP contribution >= 0.6 is 15.9 Å². The second-order valence-corrected chi connectivity index (χ2v) is 7.85. The maximum Gasteiger partial charge on any atom is 0.257 e. The van der Waals surface area contributed by atoms with Gasteiger partial charge in [0.2, 0.25) is 5.95 Å². The molecule has 0 spiro atoms. The topological polar surface area (TPSA) is 83.0 Å². The van der Waals surface area contributed by atoms with Crippen molar-refractivity contribution in [2.45, 2.75) is 0 Å². The molecule has 0 fully saturated rings. The number of aromatic amines is 1. The Bertz CT molecular complexity index is 1500. The molecule has 5 aromatic rings.